The van der Waals surface area contributed by atoms with Crippen molar-refractivity contribution in [2.45, 2.75) is 32.7 Å². The minimum absolute atomic E-state index is 0.191. The molecule has 19 heavy (non-hydrogen) atoms. The highest BCUT2D eigenvalue weighted by atomic mass is 35.5. The zero-order valence-corrected chi connectivity index (χ0v) is 12.2. The van der Waals surface area contributed by atoms with Crippen LogP contribution in [-0.4, -0.2) is 28.4 Å². The Bertz CT molecular complexity index is 417. The molecule has 0 fully saturated rings. The van der Waals surface area contributed by atoms with Crippen LogP contribution in [0.1, 0.15) is 26.3 Å². The molecule has 1 rings (SSSR count). The van der Waals surface area contributed by atoms with Crippen molar-refractivity contribution in [2.75, 3.05) is 6.54 Å². The summed E-state index contributed by atoms with van der Waals surface area (Å²) in [5, 5.41) is 20.0. The molecule has 1 aromatic rings. The number of aromatic hydroxyl groups is 1. The Kier molecular flexibility index (Phi) is 7.26. The van der Waals surface area contributed by atoms with Gasteiger partial charge in [-0.15, -0.1) is 0 Å². The summed E-state index contributed by atoms with van der Waals surface area (Å²) in [7, 11) is 0. The molecule has 5 N–H and O–H groups in total. The smallest absolute Gasteiger partial charge is 0.405 e. The molecule has 0 aromatic heterocycles. The Morgan fingerprint density at radius 1 is 1.42 bits per heavy atom. The Morgan fingerprint density at radius 2 is 2.00 bits per heavy atom. The molecule has 0 saturated carbocycles. The first-order valence-electron chi connectivity index (χ1n) is 5.84. The average Bonchev–Trinajstić information content (AvgIpc) is 2.19. The fraction of sp³-hybridized carbons (Fsp3) is 0.462. The molecule has 0 aliphatic carbocycles. The predicted octanol–water partition coefficient (Wildman–Crippen LogP) is 2.60. The van der Waals surface area contributed by atoms with Crippen molar-refractivity contribution in [3.8, 4) is 5.75 Å². The van der Waals surface area contributed by atoms with Gasteiger partial charge < -0.3 is 21.3 Å². The summed E-state index contributed by atoms with van der Waals surface area (Å²) in [4.78, 5) is 9.90. The van der Waals surface area contributed by atoms with Crippen LogP contribution >= 0.6 is 11.6 Å². The van der Waals surface area contributed by atoms with Crippen molar-refractivity contribution in [2.24, 2.45) is 5.73 Å². The van der Waals surface area contributed by atoms with Crippen LogP contribution < -0.4 is 11.1 Å². The summed E-state index contributed by atoms with van der Waals surface area (Å²) in [6.45, 7) is 5.95. The van der Waals surface area contributed by atoms with E-state index in [4.69, 9.17) is 27.5 Å². The lowest BCUT2D eigenvalue weighted by Gasteiger charge is -2.16. The topological polar surface area (TPSA) is 95.6 Å². The second kappa shape index (κ2) is 7.86. The zero-order valence-electron chi connectivity index (χ0n) is 11.4. The van der Waals surface area contributed by atoms with E-state index in [1.165, 1.54) is 6.07 Å². The van der Waals surface area contributed by atoms with Crippen LogP contribution in [0, 0.1) is 0 Å². The number of hydrogen-bond donors (Lipinski definition) is 4. The standard InChI is InChI=1S/C8H10ClNO.C5H11NO2/c9-8-5-7(11)2-1-6(8)3-4-10;1-5(2,3)6-4(7)8/h1-2,5,11H,3-4,10H2;6H,1-3H3,(H,7,8). The third-order valence-corrected chi connectivity index (χ3v) is 2.28. The van der Waals surface area contributed by atoms with E-state index in [1.54, 1.807) is 32.9 Å². The van der Waals surface area contributed by atoms with Gasteiger partial charge in [-0.05, 0) is 51.4 Å². The molecular weight excluding hydrogens is 268 g/mol. The number of rotatable bonds is 2. The summed E-state index contributed by atoms with van der Waals surface area (Å²) in [5.74, 6) is 0.191. The van der Waals surface area contributed by atoms with Crippen molar-refractivity contribution in [1.82, 2.24) is 5.32 Å². The number of hydrogen-bond acceptors (Lipinski definition) is 3. The van der Waals surface area contributed by atoms with Crippen molar-refractivity contribution in [3.05, 3.63) is 28.8 Å². The van der Waals surface area contributed by atoms with Crippen molar-refractivity contribution in [3.63, 3.8) is 0 Å². The van der Waals surface area contributed by atoms with Crippen LogP contribution in [0.5, 0.6) is 5.75 Å². The molecule has 0 spiro atoms. The van der Waals surface area contributed by atoms with Gasteiger partial charge in [0.05, 0.1) is 0 Å². The molecule has 1 aromatic carbocycles. The monoisotopic (exact) mass is 288 g/mol. The van der Waals surface area contributed by atoms with Gasteiger partial charge in [0, 0.05) is 10.6 Å². The molecule has 0 bridgehead atoms. The van der Waals surface area contributed by atoms with E-state index >= 15 is 0 Å². The van der Waals surface area contributed by atoms with Crippen molar-refractivity contribution < 1.29 is 15.0 Å². The average molecular weight is 289 g/mol. The van der Waals surface area contributed by atoms with Gasteiger partial charge in [0.25, 0.3) is 0 Å². The van der Waals surface area contributed by atoms with E-state index in [2.05, 4.69) is 5.32 Å². The molecule has 0 atom stereocenters. The number of benzene rings is 1. The Hall–Kier alpha value is -1.46. The Morgan fingerprint density at radius 3 is 2.32 bits per heavy atom. The highest BCUT2D eigenvalue weighted by Crippen LogP contribution is 2.21. The maximum Gasteiger partial charge on any atom is 0.405 e. The number of halogens is 1. The van der Waals surface area contributed by atoms with Gasteiger partial charge in [-0.25, -0.2) is 4.79 Å². The number of nitrogens with two attached hydrogens (primary N) is 1. The molecule has 5 nitrogen and oxygen atoms in total. The molecule has 1 amide bonds. The van der Waals surface area contributed by atoms with Crippen molar-refractivity contribution in [1.29, 1.82) is 0 Å². The molecule has 6 heteroatoms. The zero-order chi connectivity index (χ0) is 15.1. The first-order valence-corrected chi connectivity index (χ1v) is 6.22. The van der Waals surface area contributed by atoms with Crippen LogP contribution in [0.2, 0.25) is 5.02 Å². The molecule has 0 aliphatic heterocycles. The van der Waals surface area contributed by atoms with Crippen LogP contribution in [-0.2, 0) is 6.42 Å². The number of carbonyl (C=O) groups is 1. The maximum atomic E-state index is 9.90. The molecule has 0 radical (unpaired) electrons. The predicted molar refractivity (Wildman–Crippen MR) is 76.8 cm³/mol. The lowest BCUT2D eigenvalue weighted by Crippen LogP contribution is -2.39. The minimum atomic E-state index is -0.975. The normalized spacial score (nSPS) is 10.4. The van der Waals surface area contributed by atoms with Crippen LogP contribution in [0.15, 0.2) is 18.2 Å². The highest BCUT2D eigenvalue weighted by Gasteiger charge is 2.10. The largest absolute Gasteiger partial charge is 0.508 e. The van der Waals surface area contributed by atoms with E-state index in [9.17, 15) is 4.79 Å². The van der Waals surface area contributed by atoms with Crippen LogP contribution in [0.25, 0.3) is 0 Å². The third-order valence-electron chi connectivity index (χ3n) is 1.93. The quantitative estimate of drug-likeness (QED) is 0.672. The molecule has 0 heterocycles. The number of phenolic OH excluding ortho intramolecular Hbond substituents is 1. The summed E-state index contributed by atoms with van der Waals surface area (Å²) in [6.07, 6.45) is -0.225. The summed E-state index contributed by atoms with van der Waals surface area (Å²) >= 11 is 5.79. The van der Waals surface area contributed by atoms with Gasteiger partial charge in [0.15, 0.2) is 0 Å². The number of nitrogens with one attached hydrogen (secondary N) is 1. The minimum Gasteiger partial charge on any atom is -0.508 e. The highest BCUT2D eigenvalue weighted by molar-refractivity contribution is 6.31. The fourth-order valence-electron chi connectivity index (χ4n) is 1.22. The van der Waals surface area contributed by atoms with Crippen molar-refractivity contribution >= 4 is 17.7 Å². The number of carboxylic acid groups (broad SMARTS) is 1. The van der Waals surface area contributed by atoms with Gasteiger partial charge >= 0.3 is 6.09 Å². The van der Waals surface area contributed by atoms with E-state index in [0.717, 1.165) is 12.0 Å². The SMILES string of the molecule is CC(C)(C)NC(=O)O.NCCc1ccc(O)cc1Cl. The van der Waals surface area contributed by atoms with E-state index in [1.807, 2.05) is 0 Å². The number of phenols is 1. The van der Waals surface area contributed by atoms with E-state index in [-0.39, 0.29) is 11.3 Å². The first kappa shape index (κ1) is 17.5. The van der Waals surface area contributed by atoms with Crippen LogP contribution in [0.3, 0.4) is 0 Å². The summed E-state index contributed by atoms with van der Waals surface area (Å²) in [6, 6.07) is 4.91. The Balaban J connectivity index is 0.000000362. The van der Waals surface area contributed by atoms with E-state index < -0.39 is 6.09 Å². The lowest BCUT2D eigenvalue weighted by molar-refractivity contribution is 0.184. The first-order chi connectivity index (χ1) is 8.65. The van der Waals surface area contributed by atoms with Gasteiger partial charge in [-0.2, -0.15) is 0 Å². The second-order valence-electron chi connectivity index (χ2n) is 4.99. The maximum absolute atomic E-state index is 9.90. The molecular formula is C13H21ClN2O3. The van der Waals surface area contributed by atoms with E-state index in [0.29, 0.717) is 11.6 Å². The molecule has 0 aliphatic rings. The fourth-order valence-corrected chi connectivity index (χ4v) is 1.48. The van der Waals surface area contributed by atoms with Crippen LogP contribution in [0.4, 0.5) is 4.79 Å². The summed E-state index contributed by atoms with van der Waals surface area (Å²) in [5.41, 5.74) is 6.00. The summed E-state index contributed by atoms with van der Waals surface area (Å²) < 4.78 is 0. The van der Waals surface area contributed by atoms with Gasteiger partial charge in [0.1, 0.15) is 5.75 Å². The third kappa shape index (κ3) is 9.16. The molecule has 108 valence electrons. The Labute approximate surface area is 118 Å². The van der Waals surface area contributed by atoms with Gasteiger partial charge in [0.2, 0.25) is 0 Å². The molecule has 0 unspecified atom stereocenters. The van der Waals surface area contributed by atoms with Gasteiger partial charge in [-0.1, -0.05) is 17.7 Å². The second-order valence-corrected chi connectivity index (χ2v) is 5.40. The van der Waals surface area contributed by atoms with Gasteiger partial charge in [-0.3, -0.25) is 0 Å². The lowest BCUT2D eigenvalue weighted by atomic mass is 10.1. The molecule has 0 saturated heterocycles. The number of amides is 1.